The van der Waals surface area contributed by atoms with Crippen molar-refractivity contribution in [1.29, 1.82) is 0 Å². The van der Waals surface area contributed by atoms with Gasteiger partial charge in [-0.3, -0.25) is 0 Å². The molecule has 0 aliphatic carbocycles. The lowest BCUT2D eigenvalue weighted by molar-refractivity contribution is -0.356. The van der Waals surface area contributed by atoms with E-state index in [1.807, 2.05) is 44.2 Å². The first-order valence-electron chi connectivity index (χ1n) is 6.38. The third kappa shape index (κ3) is 4.25. The van der Waals surface area contributed by atoms with Crippen molar-refractivity contribution >= 4 is 17.4 Å². The fourth-order valence-corrected chi connectivity index (χ4v) is 1.68. The molecule has 0 aliphatic rings. The van der Waals surface area contributed by atoms with Gasteiger partial charge in [-0.2, -0.15) is 0 Å². The normalized spacial score (nSPS) is 12.6. The van der Waals surface area contributed by atoms with Crippen molar-refractivity contribution in [3.8, 4) is 0 Å². The van der Waals surface area contributed by atoms with Crippen molar-refractivity contribution < 1.29 is 14.5 Å². The van der Waals surface area contributed by atoms with Crippen LogP contribution in [0.25, 0.3) is 0 Å². The zero-order valence-corrected chi connectivity index (χ0v) is 11.6. The quantitative estimate of drug-likeness (QED) is 0.470. The van der Waals surface area contributed by atoms with Gasteiger partial charge in [0.15, 0.2) is 5.71 Å². The largest absolute Gasteiger partial charge is 0.462 e. The molecule has 0 aliphatic heterocycles. The number of ether oxygens (including phenoxy) is 1. The highest BCUT2D eigenvalue weighted by Crippen LogP contribution is 2.06. The third-order valence-electron chi connectivity index (χ3n) is 2.58. The van der Waals surface area contributed by atoms with Crippen LogP contribution >= 0.6 is 0 Å². The van der Waals surface area contributed by atoms with E-state index in [9.17, 15) is 4.79 Å². The van der Waals surface area contributed by atoms with Crippen molar-refractivity contribution in [2.24, 2.45) is 11.7 Å². The summed E-state index contributed by atoms with van der Waals surface area (Å²) in [5.74, 6) is -0.281. The number of para-hydroxylation sites is 1. The minimum atomic E-state index is -0.405. The van der Waals surface area contributed by atoms with Crippen molar-refractivity contribution in [2.45, 2.75) is 20.8 Å². The first-order valence-corrected chi connectivity index (χ1v) is 6.38. The molecule has 4 nitrogen and oxygen atoms in total. The lowest BCUT2D eigenvalue weighted by Gasteiger charge is -2.08. The average molecular weight is 261 g/mol. The van der Waals surface area contributed by atoms with Crippen LogP contribution in [0.4, 0.5) is 5.69 Å². The van der Waals surface area contributed by atoms with E-state index in [0.29, 0.717) is 12.2 Å². The molecular formula is C15H21N2O2+. The molecule has 0 heterocycles. The van der Waals surface area contributed by atoms with Crippen molar-refractivity contribution in [3.05, 3.63) is 42.1 Å². The summed E-state index contributed by atoms with van der Waals surface area (Å²) in [6.45, 7) is 6.08. The van der Waals surface area contributed by atoms with Crippen LogP contribution in [0.3, 0.4) is 0 Å². The fraction of sp³-hybridized carbons (Fsp3) is 0.333. The number of rotatable bonds is 5. The molecule has 1 aromatic carbocycles. The van der Waals surface area contributed by atoms with Gasteiger partial charge in [0.1, 0.15) is 5.57 Å². The number of hydrogen-bond donors (Lipinski definition) is 2. The summed E-state index contributed by atoms with van der Waals surface area (Å²) < 4.78 is 5.02. The molecule has 0 saturated heterocycles. The molecule has 1 aromatic rings. The predicted octanol–water partition coefficient (Wildman–Crippen LogP) is 0.901. The van der Waals surface area contributed by atoms with E-state index in [0.717, 1.165) is 11.4 Å². The highest BCUT2D eigenvalue weighted by Gasteiger charge is 2.25. The lowest BCUT2D eigenvalue weighted by Crippen LogP contribution is -2.68. The molecule has 0 bridgehead atoms. The maximum atomic E-state index is 11.9. The van der Waals surface area contributed by atoms with Gasteiger partial charge < -0.3 is 10.5 Å². The van der Waals surface area contributed by atoms with Crippen LogP contribution in [0, 0.1) is 5.92 Å². The van der Waals surface area contributed by atoms with Gasteiger partial charge in [0.2, 0.25) is 5.69 Å². The van der Waals surface area contributed by atoms with Gasteiger partial charge >= 0.3 is 5.97 Å². The Balaban J connectivity index is 3.13. The Hall–Kier alpha value is -2.10. The molecule has 0 radical (unpaired) electrons. The average Bonchev–Trinajstić information content (AvgIpc) is 2.40. The molecule has 0 spiro atoms. The first-order chi connectivity index (χ1) is 9.10. The number of hydrogen-bond acceptors (Lipinski definition) is 3. The van der Waals surface area contributed by atoms with E-state index < -0.39 is 5.97 Å². The van der Waals surface area contributed by atoms with Gasteiger partial charge in [-0.15, -0.1) is 0 Å². The fourth-order valence-electron chi connectivity index (χ4n) is 1.68. The number of carbonyl (C=O) groups is 1. The lowest BCUT2D eigenvalue weighted by atomic mass is 10.0. The summed E-state index contributed by atoms with van der Waals surface area (Å²) in [5, 5.41) is 0. The van der Waals surface area contributed by atoms with E-state index in [2.05, 4.69) is 4.99 Å². The molecule has 4 heteroatoms. The van der Waals surface area contributed by atoms with Crippen molar-refractivity contribution in [2.75, 3.05) is 6.61 Å². The number of benzene rings is 1. The molecule has 0 unspecified atom stereocenters. The first kappa shape index (κ1) is 15.0. The number of nitrogens with two attached hydrogens (primary N) is 1. The number of esters is 1. The summed E-state index contributed by atoms with van der Waals surface area (Å²) in [6, 6.07) is 9.65. The Bertz CT molecular complexity index is 476. The summed E-state index contributed by atoms with van der Waals surface area (Å²) in [7, 11) is 0. The molecular weight excluding hydrogens is 240 g/mol. The Morgan fingerprint density at radius 2 is 2.00 bits per heavy atom. The standard InChI is InChI=1S/C15H20N2O2/c1-4-19-15(18)13(10-16)14(11(2)3)17-12-8-6-5-7-9-12/h5-11H,4,16H2,1-3H3/p+1. The summed E-state index contributed by atoms with van der Waals surface area (Å²) >= 11 is 0. The number of nitrogens with one attached hydrogen (secondary N) is 1. The summed E-state index contributed by atoms with van der Waals surface area (Å²) in [4.78, 5) is 15.1. The maximum absolute atomic E-state index is 11.9. The Labute approximate surface area is 114 Å². The van der Waals surface area contributed by atoms with Gasteiger partial charge in [-0.1, -0.05) is 32.0 Å². The number of carbonyl (C=O) groups excluding carboxylic acids is 1. The summed E-state index contributed by atoms with van der Waals surface area (Å²) in [6.07, 6.45) is 1.29. The SMILES string of the molecule is CCOC(=O)C(=CN)C(=[NH+]c1ccccc1)C(C)C. The van der Waals surface area contributed by atoms with E-state index in [1.165, 1.54) is 6.20 Å². The van der Waals surface area contributed by atoms with E-state index in [1.54, 1.807) is 6.92 Å². The Kier molecular flexibility index (Phi) is 5.79. The van der Waals surface area contributed by atoms with Gasteiger partial charge in [-0.05, 0) is 6.92 Å². The molecule has 0 atom stereocenters. The second-order valence-electron chi connectivity index (χ2n) is 4.36. The minimum absolute atomic E-state index is 0.124. The topological polar surface area (TPSA) is 66.3 Å². The maximum Gasteiger partial charge on any atom is 0.346 e. The van der Waals surface area contributed by atoms with Crippen LogP contribution in [0.15, 0.2) is 42.1 Å². The second kappa shape index (κ2) is 7.36. The van der Waals surface area contributed by atoms with Crippen LogP contribution in [-0.4, -0.2) is 18.3 Å². The van der Waals surface area contributed by atoms with Crippen molar-refractivity contribution in [1.82, 2.24) is 0 Å². The molecule has 102 valence electrons. The van der Waals surface area contributed by atoms with Gasteiger partial charge in [0.05, 0.1) is 6.61 Å². The van der Waals surface area contributed by atoms with Gasteiger partial charge in [-0.25, -0.2) is 9.79 Å². The highest BCUT2D eigenvalue weighted by molar-refractivity contribution is 6.18. The highest BCUT2D eigenvalue weighted by atomic mass is 16.5. The van der Waals surface area contributed by atoms with E-state index in [-0.39, 0.29) is 5.92 Å². The predicted molar refractivity (Wildman–Crippen MR) is 75.8 cm³/mol. The minimum Gasteiger partial charge on any atom is -0.462 e. The Morgan fingerprint density at radius 3 is 2.47 bits per heavy atom. The van der Waals surface area contributed by atoms with Crippen LogP contribution < -0.4 is 10.7 Å². The van der Waals surface area contributed by atoms with Gasteiger partial charge in [0, 0.05) is 24.3 Å². The van der Waals surface area contributed by atoms with Crippen molar-refractivity contribution in [3.63, 3.8) is 0 Å². The molecule has 1 rings (SSSR count). The van der Waals surface area contributed by atoms with E-state index >= 15 is 0 Å². The van der Waals surface area contributed by atoms with Crippen LogP contribution in [0.5, 0.6) is 0 Å². The molecule has 0 saturated carbocycles. The second-order valence-corrected chi connectivity index (χ2v) is 4.36. The smallest absolute Gasteiger partial charge is 0.346 e. The van der Waals surface area contributed by atoms with Crippen LogP contribution in [0.1, 0.15) is 20.8 Å². The van der Waals surface area contributed by atoms with Crippen LogP contribution in [-0.2, 0) is 9.53 Å². The molecule has 19 heavy (non-hydrogen) atoms. The zero-order chi connectivity index (χ0) is 14.3. The molecule has 0 aromatic heterocycles. The molecule has 0 amide bonds. The molecule has 0 fully saturated rings. The third-order valence-corrected chi connectivity index (χ3v) is 2.58. The zero-order valence-electron chi connectivity index (χ0n) is 11.6. The van der Waals surface area contributed by atoms with E-state index in [4.69, 9.17) is 10.5 Å². The summed E-state index contributed by atoms with van der Waals surface area (Å²) in [5.41, 5.74) is 7.62. The van der Waals surface area contributed by atoms with Crippen LogP contribution in [0.2, 0.25) is 0 Å². The van der Waals surface area contributed by atoms with Gasteiger partial charge in [0.25, 0.3) is 0 Å². The molecule has 3 N–H and O–H groups in total. The monoisotopic (exact) mass is 261 g/mol. The Morgan fingerprint density at radius 1 is 1.37 bits per heavy atom.